The van der Waals surface area contributed by atoms with Gasteiger partial charge in [0.15, 0.2) is 0 Å². The summed E-state index contributed by atoms with van der Waals surface area (Å²) in [5, 5.41) is 6.44. The van der Waals surface area contributed by atoms with Gasteiger partial charge in [-0.15, -0.1) is 0 Å². The molecule has 3 rings (SSSR count). The third kappa shape index (κ3) is 3.83. The van der Waals surface area contributed by atoms with Crippen LogP contribution in [0.1, 0.15) is 50.0 Å². The zero-order valence-corrected chi connectivity index (χ0v) is 12.0. The first kappa shape index (κ1) is 13.6. The van der Waals surface area contributed by atoms with Gasteiger partial charge in [-0.05, 0) is 50.0 Å². The zero-order chi connectivity index (χ0) is 13.8. The summed E-state index contributed by atoms with van der Waals surface area (Å²) >= 11 is 0. The molecule has 0 unspecified atom stereocenters. The molecule has 1 aromatic carbocycles. The van der Waals surface area contributed by atoms with Gasteiger partial charge in [0.25, 0.3) is 0 Å². The van der Waals surface area contributed by atoms with Crippen LogP contribution in [0.4, 0.5) is 0 Å². The fourth-order valence-electron chi connectivity index (χ4n) is 3.10. The Morgan fingerprint density at radius 3 is 2.25 bits per heavy atom. The van der Waals surface area contributed by atoms with E-state index in [9.17, 15) is 4.79 Å². The molecule has 3 nitrogen and oxygen atoms in total. The molecule has 0 aromatic heterocycles. The fraction of sp³-hybridized carbons (Fsp3) is 0.588. The first-order valence-electron chi connectivity index (χ1n) is 7.89. The van der Waals surface area contributed by atoms with Crippen molar-refractivity contribution in [3.63, 3.8) is 0 Å². The first-order chi connectivity index (χ1) is 9.81. The van der Waals surface area contributed by atoms with E-state index >= 15 is 0 Å². The Labute approximate surface area is 121 Å². The second-order valence-electron chi connectivity index (χ2n) is 6.18. The molecule has 2 fully saturated rings. The van der Waals surface area contributed by atoms with Gasteiger partial charge in [0.05, 0.1) is 6.54 Å². The summed E-state index contributed by atoms with van der Waals surface area (Å²) in [7, 11) is 0. The van der Waals surface area contributed by atoms with Crippen molar-refractivity contribution in [2.24, 2.45) is 0 Å². The van der Waals surface area contributed by atoms with Crippen molar-refractivity contribution in [3.8, 4) is 0 Å². The second-order valence-corrected chi connectivity index (χ2v) is 6.18. The molecule has 0 bridgehead atoms. The summed E-state index contributed by atoms with van der Waals surface area (Å²) in [5.41, 5.74) is 1.47. The van der Waals surface area contributed by atoms with E-state index in [4.69, 9.17) is 0 Å². The molecule has 2 aliphatic carbocycles. The van der Waals surface area contributed by atoms with Crippen LogP contribution < -0.4 is 10.6 Å². The van der Waals surface area contributed by atoms with E-state index in [2.05, 4.69) is 41.0 Å². The van der Waals surface area contributed by atoms with Gasteiger partial charge < -0.3 is 10.6 Å². The van der Waals surface area contributed by atoms with Gasteiger partial charge in [-0.25, -0.2) is 0 Å². The highest BCUT2D eigenvalue weighted by atomic mass is 16.2. The summed E-state index contributed by atoms with van der Waals surface area (Å²) in [6, 6.07) is 11.8. The minimum absolute atomic E-state index is 0.165. The minimum Gasteiger partial charge on any atom is -0.352 e. The van der Waals surface area contributed by atoms with Crippen LogP contribution in [0.25, 0.3) is 0 Å². The van der Waals surface area contributed by atoms with Crippen LogP contribution in [0, 0.1) is 0 Å². The van der Waals surface area contributed by atoms with Crippen LogP contribution in [0.5, 0.6) is 0 Å². The van der Waals surface area contributed by atoms with Crippen LogP contribution in [-0.4, -0.2) is 24.5 Å². The number of carbonyl (C=O) groups is 1. The monoisotopic (exact) mass is 272 g/mol. The number of hydrogen-bond donors (Lipinski definition) is 2. The number of benzene rings is 1. The number of hydrogen-bond acceptors (Lipinski definition) is 2. The van der Waals surface area contributed by atoms with Gasteiger partial charge in [-0.2, -0.15) is 0 Å². The van der Waals surface area contributed by atoms with Crippen molar-refractivity contribution in [1.82, 2.24) is 10.6 Å². The van der Waals surface area contributed by atoms with E-state index in [1.165, 1.54) is 31.2 Å². The van der Waals surface area contributed by atoms with Crippen molar-refractivity contribution in [3.05, 3.63) is 35.9 Å². The van der Waals surface area contributed by atoms with E-state index in [0.29, 0.717) is 24.5 Å². The minimum atomic E-state index is 0.165. The average molecular weight is 272 g/mol. The molecule has 0 atom stereocenters. The Hall–Kier alpha value is -1.35. The quantitative estimate of drug-likeness (QED) is 0.865. The summed E-state index contributed by atoms with van der Waals surface area (Å²) in [6.07, 6.45) is 7.13. The van der Waals surface area contributed by atoms with Gasteiger partial charge in [-0.1, -0.05) is 30.3 Å². The smallest absolute Gasteiger partial charge is 0.234 e. The number of nitrogens with one attached hydrogen (secondary N) is 2. The second kappa shape index (κ2) is 6.40. The Morgan fingerprint density at radius 2 is 1.60 bits per heavy atom. The third-order valence-corrected chi connectivity index (χ3v) is 4.49. The maximum atomic E-state index is 11.6. The number of rotatable bonds is 5. The van der Waals surface area contributed by atoms with Gasteiger partial charge in [0.2, 0.25) is 5.91 Å². The van der Waals surface area contributed by atoms with Crippen molar-refractivity contribution in [1.29, 1.82) is 0 Å². The molecule has 0 radical (unpaired) electrons. The molecule has 108 valence electrons. The Bertz CT molecular complexity index is 434. The summed E-state index contributed by atoms with van der Waals surface area (Å²) in [4.78, 5) is 11.6. The van der Waals surface area contributed by atoms with E-state index in [0.717, 1.165) is 12.8 Å². The molecular formula is C17H24N2O. The molecule has 2 saturated carbocycles. The van der Waals surface area contributed by atoms with E-state index in [1.54, 1.807) is 0 Å². The van der Waals surface area contributed by atoms with E-state index in [1.807, 2.05) is 0 Å². The van der Waals surface area contributed by atoms with E-state index in [-0.39, 0.29) is 5.91 Å². The predicted octanol–water partition coefficient (Wildman–Crippen LogP) is 2.58. The maximum Gasteiger partial charge on any atom is 0.234 e. The lowest BCUT2D eigenvalue weighted by Gasteiger charge is -2.29. The molecule has 1 aromatic rings. The standard InChI is InChI=1S/C17H24N2O/c20-17(19-16-10-11-16)12-18-15-8-6-14(7-9-15)13-4-2-1-3-5-13/h1-5,14-16,18H,6-12H2,(H,19,20). The largest absolute Gasteiger partial charge is 0.352 e. The lowest BCUT2D eigenvalue weighted by Crippen LogP contribution is -2.41. The van der Waals surface area contributed by atoms with Crippen molar-refractivity contribution in [2.45, 2.75) is 56.5 Å². The molecule has 3 heteroatoms. The molecule has 2 N–H and O–H groups in total. The first-order valence-corrected chi connectivity index (χ1v) is 7.89. The van der Waals surface area contributed by atoms with Crippen molar-refractivity contribution in [2.75, 3.05) is 6.54 Å². The molecular weight excluding hydrogens is 248 g/mol. The van der Waals surface area contributed by atoms with Crippen LogP contribution in [-0.2, 0) is 4.79 Å². The Morgan fingerprint density at radius 1 is 0.950 bits per heavy atom. The summed E-state index contributed by atoms with van der Waals surface area (Å²) in [5.74, 6) is 0.868. The summed E-state index contributed by atoms with van der Waals surface area (Å²) < 4.78 is 0. The average Bonchev–Trinajstić information content (AvgIpc) is 3.31. The molecule has 2 aliphatic rings. The molecule has 0 aliphatic heterocycles. The highest BCUT2D eigenvalue weighted by Gasteiger charge is 2.25. The van der Waals surface area contributed by atoms with Gasteiger partial charge in [0, 0.05) is 12.1 Å². The molecule has 0 heterocycles. The highest BCUT2D eigenvalue weighted by molar-refractivity contribution is 5.78. The van der Waals surface area contributed by atoms with Crippen molar-refractivity contribution < 1.29 is 4.79 Å². The molecule has 1 amide bonds. The van der Waals surface area contributed by atoms with Crippen LogP contribution in [0.15, 0.2) is 30.3 Å². The maximum absolute atomic E-state index is 11.6. The lowest BCUT2D eigenvalue weighted by atomic mass is 9.82. The predicted molar refractivity (Wildman–Crippen MR) is 80.6 cm³/mol. The van der Waals surface area contributed by atoms with Crippen molar-refractivity contribution >= 4 is 5.91 Å². The zero-order valence-electron chi connectivity index (χ0n) is 12.0. The van der Waals surface area contributed by atoms with Gasteiger partial charge >= 0.3 is 0 Å². The fourth-order valence-corrected chi connectivity index (χ4v) is 3.10. The molecule has 0 spiro atoms. The molecule has 0 saturated heterocycles. The Balaban J connectivity index is 1.38. The number of carbonyl (C=O) groups excluding carboxylic acids is 1. The third-order valence-electron chi connectivity index (χ3n) is 4.49. The summed E-state index contributed by atoms with van der Waals surface area (Å²) in [6.45, 7) is 0.483. The van der Waals surface area contributed by atoms with Gasteiger partial charge in [0.1, 0.15) is 0 Å². The van der Waals surface area contributed by atoms with Crippen LogP contribution >= 0.6 is 0 Å². The number of amides is 1. The van der Waals surface area contributed by atoms with Crippen LogP contribution in [0.2, 0.25) is 0 Å². The van der Waals surface area contributed by atoms with Gasteiger partial charge in [-0.3, -0.25) is 4.79 Å². The highest BCUT2D eigenvalue weighted by Crippen LogP contribution is 2.32. The normalized spacial score (nSPS) is 26.2. The Kier molecular flexibility index (Phi) is 4.36. The molecule has 20 heavy (non-hydrogen) atoms. The lowest BCUT2D eigenvalue weighted by molar-refractivity contribution is -0.120. The van der Waals surface area contributed by atoms with Crippen LogP contribution in [0.3, 0.4) is 0 Å². The van der Waals surface area contributed by atoms with E-state index < -0.39 is 0 Å². The SMILES string of the molecule is O=C(CNC1CCC(c2ccccc2)CC1)NC1CC1. The topological polar surface area (TPSA) is 41.1 Å².